The number of nitrogens with zero attached hydrogens (tertiary/aromatic N) is 2. The lowest BCUT2D eigenvalue weighted by Crippen LogP contribution is -2.48. The molecule has 0 spiro atoms. The van der Waals surface area contributed by atoms with E-state index in [1.54, 1.807) is 36.5 Å². The van der Waals surface area contributed by atoms with Crippen molar-refractivity contribution < 1.29 is 24.6 Å². The van der Waals surface area contributed by atoms with Gasteiger partial charge in [0, 0.05) is 29.7 Å². The first-order valence-electron chi connectivity index (χ1n) is 11.2. The Labute approximate surface area is 207 Å². The molecule has 4 aromatic rings. The van der Waals surface area contributed by atoms with Crippen LogP contribution in [0, 0.1) is 11.8 Å². The van der Waals surface area contributed by atoms with E-state index in [0.717, 1.165) is 26.9 Å². The number of amides is 1. The molecular weight excluding hydrogens is 456 g/mol. The summed E-state index contributed by atoms with van der Waals surface area (Å²) in [6.07, 6.45) is 1.60. The van der Waals surface area contributed by atoms with Gasteiger partial charge in [-0.1, -0.05) is 66.6 Å². The first-order valence-corrected chi connectivity index (χ1v) is 11.2. The minimum atomic E-state index is -1.40. The molecule has 0 aliphatic heterocycles. The van der Waals surface area contributed by atoms with Crippen LogP contribution in [0.2, 0.25) is 0 Å². The van der Waals surface area contributed by atoms with Crippen LogP contribution in [0.4, 0.5) is 0 Å². The zero-order valence-corrected chi connectivity index (χ0v) is 19.2. The standard InChI is InChI=1S/C29H22N2O5/c32-27(15-11-20-8-12-22-5-1-2-6-24(22)17-20)31(19-28(33)34)26(29(35)36)18-21-9-13-23(14-10-21)25-7-3-4-16-30-25/h1-10,12-14,16-17,26H,18-19H2,(H,33,34)(H,35,36). The first-order chi connectivity index (χ1) is 17.4. The van der Waals surface area contributed by atoms with E-state index >= 15 is 0 Å². The van der Waals surface area contributed by atoms with Gasteiger partial charge in [-0.15, -0.1) is 0 Å². The van der Waals surface area contributed by atoms with Gasteiger partial charge in [0.1, 0.15) is 12.6 Å². The molecule has 0 saturated heterocycles. The first kappa shape index (κ1) is 24.2. The zero-order valence-electron chi connectivity index (χ0n) is 19.2. The number of hydrogen-bond acceptors (Lipinski definition) is 4. The fraction of sp³-hybridized carbons (Fsp3) is 0.103. The Bertz CT molecular complexity index is 1470. The molecule has 0 bridgehead atoms. The summed E-state index contributed by atoms with van der Waals surface area (Å²) in [5.74, 6) is 1.65. The monoisotopic (exact) mass is 478 g/mol. The summed E-state index contributed by atoms with van der Waals surface area (Å²) < 4.78 is 0. The second kappa shape index (κ2) is 11.0. The summed E-state index contributed by atoms with van der Waals surface area (Å²) in [7, 11) is 0. The molecule has 178 valence electrons. The average Bonchev–Trinajstić information content (AvgIpc) is 2.89. The molecule has 1 atom stereocenters. The molecule has 1 aromatic heterocycles. The number of carboxylic acid groups (broad SMARTS) is 2. The smallest absolute Gasteiger partial charge is 0.326 e. The second-order valence-corrected chi connectivity index (χ2v) is 8.11. The van der Waals surface area contributed by atoms with E-state index in [2.05, 4.69) is 16.8 Å². The highest BCUT2D eigenvalue weighted by molar-refractivity contribution is 5.98. The quantitative estimate of drug-likeness (QED) is 0.391. The van der Waals surface area contributed by atoms with Crippen molar-refractivity contribution >= 4 is 28.6 Å². The van der Waals surface area contributed by atoms with Crippen LogP contribution >= 0.6 is 0 Å². The van der Waals surface area contributed by atoms with Gasteiger partial charge in [-0.2, -0.15) is 0 Å². The van der Waals surface area contributed by atoms with Gasteiger partial charge in [-0.25, -0.2) is 4.79 Å². The summed E-state index contributed by atoms with van der Waals surface area (Å²) in [5.41, 5.74) is 2.82. The lowest BCUT2D eigenvalue weighted by molar-refractivity contribution is -0.152. The predicted octanol–water partition coefficient (Wildman–Crippen LogP) is 3.86. The third-order valence-electron chi connectivity index (χ3n) is 5.63. The van der Waals surface area contributed by atoms with E-state index in [4.69, 9.17) is 0 Å². The van der Waals surface area contributed by atoms with Crippen molar-refractivity contribution in [3.05, 3.63) is 102 Å². The Morgan fingerprint density at radius 3 is 2.25 bits per heavy atom. The summed E-state index contributed by atoms with van der Waals surface area (Å²) in [6, 6.07) is 24.3. The lowest BCUT2D eigenvalue weighted by Gasteiger charge is -2.25. The molecule has 7 nitrogen and oxygen atoms in total. The summed E-state index contributed by atoms with van der Waals surface area (Å²) in [5, 5.41) is 21.2. The molecule has 3 aromatic carbocycles. The van der Waals surface area contributed by atoms with Gasteiger partial charge in [0.2, 0.25) is 0 Å². The van der Waals surface area contributed by atoms with Crippen molar-refractivity contribution in [1.29, 1.82) is 0 Å². The highest BCUT2D eigenvalue weighted by Crippen LogP contribution is 2.19. The highest BCUT2D eigenvalue weighted by atomic mass is 16.4. The molecule has 36 heavy (non-hydrogen) atoms. The van der Waals surface area contributed by atoms with E-state index in [-0.39, 0.29) is 6.42 Å². The second-order valence-electron chi connectivity index (χ2n) is 8.11. The van der Waals surface area contributed by atoms with Crippen molar-refractivity contribution in [1.82, 2.24) is 9.88 Å². The van der Waals surface area contributed by atoms with Crippen LogP contribution in [-0.4, -0.2) is 50.5 Å². The SMILES string of the molecule is O=C(O)CN(C(=O)C#Cc1ccc2ccccc2c1)C(Cc1ccc(-c2ccccn2)cc1)C(=O)O. The van der Waals surface area contributed by atoms with Crippen molar-refractivity contribution in [3.8, 4) is 23.1 Å². The summed E-state index contributed by atoms with van der Waals surface area (Å²) in [6.45, 7) is -0.784. The molecule has 0 fully saturated rings. The van der Waals surface area contributed by atoms with Crippen molar-refractivity contribution in [2.45, 2.75) is 12.5 Å². The fourth-order valence-corrected chi connectivity index (χ4v) is 3.83. The van der Waals surface area contributed by atoms with Crippen LogP contribution in [0.1, 0.15) is 11.1 Å². The molecule has 0 aliphatic carbocycles. The number of hydrogen-bond donors (Lipinski definition) is 2. The van der Waals surface area contributed by atoms with E-state index in [9.17, 15) is 24.6 Å². The molecule has 0 radical (unpaired) electrons. The van der Waals surface area contributed by atoms with Gasteiger partial charge in [-0.05, 0) is 40.6 Å². The van der Waals surface area contributed by atoms with E-state index in [0.29, 0.717) is 11.1 Å². The molecular formula is C29H22N2O5. The number of aromatic nitrogens is 1. The highest BCUT2D eigenvalue weighted by Gasteiger charge is 2.31. The van der Waals surface area contributed by atoms with Crippen LogP contribution in [0.15, 0.2) is 91.1 Å². The summed E-state index contributed by atoms with van der Waals surface area (Å²) >= 11 is 0. The van der Waals surface area contributed by atoms with E-state index < -0.39 is 30.4 Å². The van der Waals surface area contributed by atoms with Crippen LogP contribution < -0.4 is 0 Å². The number of carboxylic acids is 2. The van der Waals surface area contributed by atoms with Gasteiger partial charge in [0.05, 0.1) is 5.69 Å². The molecule has 0 aliphatic rings. The van der Waals surface area contributed by atoms with Crippen molar-refractivity contribution in [3.63, 3.8) is 0 Å². The topological polar surface area (TPSA) is 108 Å². The largest absolute Gasteiger partial charge is 0.480 e. The molecule has 0 saturated carbocycles. The van der Waals surface area contributed by atoms with Gasteiger partial charge < -0.3 is 15.1 Å². The third kappa shape index (κ3) is 5.93. The molecule has 1 unspecified atom stereocenters. The molecule has 1 heterocycles. The Kier molecular flexibility index (Phi) is 7.37. The number of carbonyl (C=O) groups excluding carboxylic acids is 1. The van der Waals surface area contributed by atoms with E-state index in [1.165, 1.54) is 0 Å². The normalized spacial score (nSPS) is 11.2. The van der Waals surface area contributed by atoms with Gasteiger partial charge in [-0.3, -0.25) is 14.6 Å². The number of fused-ring (bicyclic) bond motifs is 1. The van der Waals surface area contributed by atoms with Gasteiger partial charge >= 0.3 is 11.9 Å². The van der Waals surface area contributed by atoms with Crippen LogP contribution in [-0.2, 0) is 20.8 Å². The molecule has 2 N–H and O–H groups in total. The Morgan fingerprint density at radius 1 is 0.861 bits per heavy atom. The van der Waals surface area contributed by atoms with Crippen LogP contribution in [0.25, 0.3) is 22.0 Å². The maximum Gasteiger partial charge on any atom is 0.326 e. The zero-order chi connectivity index (χ0) is 25.5. The number of aliphatic carboxylic acids is 2. The third-order valence-corrected chi connectivity index (χ3v) is 5.63. The fourth-order valence-electron chi connectivity index (χ4n) is 3.83. The minimum absolute atomic E-state index is 0.0749. The predicted molar refractivity (Wildman–Crippen MR) is 135 cm³/mol. The summed E-state index contributed by atoms with van der Waals surface area (Å²) in [4.78, 5) is 41.5. The van der Waals surface area contributed by atoms with E-state index in [1.807, 2.05) is 54.6 Å². The van der Waals surface area contributed by atoms with Gasteiger partial charge in [0.15, 0.2) is 0 Å². The van der Waals surface area contributed by atoms with Crippen molar-refractivity contribution in [2.75, 3.05) is 6.54 Å². The van der Waals surface area contributed by atoms with Gasteiger partial charge in [0.25, 0.3) is 5.91 Å². The lowest BCUT2D eigenvalue weighted by atomic mass is 10.0. The number of benzene rings is 3. The Balaban J connectivity index is 1.56. The number of pyridine rings is 1. The molecule has 4 rings (SSSR count). The maximum absolute atomic E-state index is 12.9. The number of rotatable bonds is 7. The van der Waals surface area contributed by atoms with Crippen LogP contribution in [0.5, 0.6) is 0 Å². The average molecular weight is 479 g/mol. The van der Waals surface area contributed by atoms with Crippen molar-refractivity contribution in [2.24, 2.45) is 0 Å². The minimum Gasteiger partial charge on any atom is -0.480 e. The maximum atomic E-state index is 12.9. The van der Waals surface area contributed by atoms with Crippen LogP contribution in [0.3, 0.4) is 0 Å². The molecule has 7 heteroatoms. The molecule has 1 amide bonds. The Morgan fingerprint density at radius 2 is 1.58 bits per heavy atom. The number of carbonyl (C=O) groups is 3. The Hall–Kier alpha value is -4.96.